The molecule has 0 saturated heterocycles. The van der Waals surface area contributed by atoms with E-state index in [2.05, 4.69) is 36.4 Å². The van der Waals surface area contributed by atoms with Gasteiger partial charge in [-0.05, 0) is 23.1 Å². The normalized spacial score (nSPS) is 13.7. The molecule has 0 radical (unpaired) electrons. The molecular formula is C23H22O. The second-order valence-corrected chi connectivity index (χ2v) is 5.92. The SMILES string of the molecule is OC(c1ccccc1)C(C/C=C/c1ccccc1)c1ccccc1. The lowest BCUT2D eigenvalue weighted by atomic mass is 9.86. The van der Waals surface area contributed by atoms with Crippen LogP contribution in [-0.2, 0) is 0 Å². The molecule has 0 heterocycles. The van der Waals surface area contributed by atoms with Gasteiger partial charge in [0.25, 0.3) is 0 Å². The lowest BCUT2D eigenvalue weighted by Crippen LogP contribution is -2.10. The topological polar surface area (TPSA) is 20.2 Å². The van der Waals surface area contributed by atoms with Crippen molar-refractivity contribution in [2.75, 3.05) is 0 Å². The summed E-state index contributed by atoms with van der Waals surface area (Å²) in [6.45, 7) is 0. The number of aliphatic hydroxyl groups excluding tert-OH is 1. The minimum atomic E-state index is -0.519. The van der Waals surface area contributed by atoms with Gasteiger partial charge in [-0.3, -0.25) is 0 Å². The standard InChI is InChI=1S/C23H22O/c24-23(21-16-8-3-9-17-21)22(20-14-6-2-7-15-20)18-10-13-19-11-4-1-5-12-19/h1-17,22-24H,18H2/b13-10+. The Kier molecular flexibility index (Phi) is 5.60. The van der Waals surface area contributed by atoms with E-state index in [1.165, 1.54) is 5.56 Å². The van der Waals surface area contributed by atoms with Crippen LogP contribution in [0.25, 0.3) is 6.08 Å². The highest BCUT2D eigenvalue weighted by atomic mass is 16.3. The number of allylic oxidation sites excluding steroid dienone is 1. The van der Waals surface area contributed by atoms with Gasteiger partial charge in [0.15, 0.2) is 0 Å². The Balaban J connectivity index is 1.82. The van der Waals surface area contributed by atoms with Gasteiger partial charge in [-0.15, -0.1) is 0 Å². The van der Waals surface area contributed by atoms with Crippen LogP contribution in [-0.4, -0.2) is 5.11 Å². The maximum atomic E-state index is 10.9. The molecule has 1 nitrogen and oxygen atoms in total. The molecule has 0 aliphatic rings. The van der Waals surface area contributed by atoms with E-state index in [0.29, 0.717) is 0 Å². The molecule has 0 amide bonds. The first-order valence-electron chi connectivity index (χ1n) is 8.34. The van der Waals surface area contributed by atoms with Crippen LogP contribution in [0.1, 0.15) is 35.1 Å². The average molecular weight is 314 g/mol. The summed E-state index contributed by atoms with van der Waals surface area (Å²) in [5, 5.41) is 10.9. The average Bonchev–Trinajstić information content (AvgIpc) is 2.67. The summed E-state index contributed by atoms with van der Waals surface area (Å²) in [5.41, 5.74) is 3.30. The van der Waals surface area contributed by atoms with E-state index in [0.717, 1.165) is 17.5 Å². The third-order valence-electron chi connectivity index (χ3n) is 4.25. The summed E-state index contributed by atoms with van der Waals surface area (Å²) in [6, 6.07) is 30.4. The van der Waals surface area contributed by atoms with Gasteiger partial charge in [0.05, 0.1) is 6.10 Å². The summed E-state index contributed by atoms with van der Waals surface area (Å²) in [5.74, 6) is 0.0357. The van der Waals surface area contributed by atoms with E-state index < -0.39 is 6.10 Å². The minimum absolute atomic E-state index is 0.0357. The molecule has 2 atom stereocenters. The maximum Gasteiger partial charge on any atom is 0.0861 e. The Labute approximate surface area is 143 Å². The molecule has 3 rings (SSSR count). The Morgan fingerprint density at radius 3 is 1.75 bits per heavy atom. The lowest BCUT2D eigenvalue weighted by molar-refractivity contribution is 0.145. The number of hydrogen-bond donors (Lipinski definition) is 1. The van der Waals surface area contributed by atoms with E-state index in [4.69, 9.17) is 0 Å². The molecular weight excluding hydrogens is 292 g/mol. The summed E-state index contributed by atoms with van der Waals surface area (Å²) < 4.78 is 0. The van der Waals surface area contributed by atoms with Crippen molar-refractivity contribution in [1.82, 2.24) is 0 Å². The summed E-state index contributed by atoms with van der Waals surface area (Å²) >= 11 is 0. The first-order valence-corrected chi connectivity index (χ1v) is 8.34. The van der Waals surface area contributed by atoms with Gasteiger partial charge < -0.3 is 5.11 Å². The molecule has 120 valence electrons. The highest BCUT2D eigenvalue weighted by Crippen LogP contribution is 2.34. The van der Waals surface area contributed by atoms with Gasteiger partial charge in [0.1, 0.15) is 0 Å². The molecule has 0 bridgehead atoms. The largest absolute Gasteiger partial charge is 0.388 e. The molecule has 24 heavy (non-hydrogen) atoms. The molecule has 0 spiro atoms. The molecule has 2 unspecified atom stereocenters. The van der Waals surface area contributed by atoms with E-state index in [9.17, 15) is 5.11 Å². The molecule has 0 aliphatic heterocycles. The van der Waals surface area contributed by atoms with E-state index in [-0.39, 0.29) is 5.92 Å². The fraction of sp³-hybridized carbons (Fsp3) is 0.130. The zero-order chi connectivity index (χ0) is 16.6. The number of hydrogen-bond acceptors (Lipinski definition) is 1. The highest BCUT2D eigenvalue weighted by Gasteiger charge is 2.21. The monoisotopic (exact) mass is 314 g/mol. The first-order chi connectivity index (χ1) is 11.8. The van der Waals surface area contributed by atoms with E-state index in [1.807, 2.05) is 66.7 Å². The number of aliphatic hydroxyl groups is 1. The molecule has 0 aliphatic carbocycles. The van der Waals surface area contributed by atoms with Crippen molar-refractivity contribution >= 4 is 6.08 Å². The van der Waals surface area contributed by atoms with Gasteiger partial charge in [-0.2, -0.15) is 0 Å². The molecule has 3 aromatic carbocycles. The predicted molar refractivity (Wildman–Crippen MR) is 101 cm³/mol. The van der Waals surface area contributed by atoms with Crippen molar-refractivity contribution in [2.45, 2.75) is 18.4 Å². The minimum Gasteiger partial charge on any atom is -0.388 e. The fourth-order valence-electron chi connectivity index (χ4n) is 2.94. The summed E-state index contributed by atoms with van der Waals surface area (Å²) in [4.78, 5) is 0. The molecule has 3 aromatic rings. The Bertz CT molecular complexity index is 748. The quantitative estimate of drug-likeness (QED) is 0.627. The summed E-state index contributed by atoms with van der Waals surface area (Å²) in [7, 11) is 0. The molecule has 0 saturated carbocycles. The number of benzene rings is 3. The van der Waals surface area contributed by atoms with Crippen molar-refractivity contribution in [2.24, 2.45) is 0 Å². The van der Waals surface area contributed by atoms with Crippen molar-refractivity contribution in [3.05, 3.63) is 114 Å². The van der Waals surface area contributed by atoms with Crippen LogP contribution in [0.5, 0.6) is 0 Å². The van der Waals surface area contributed by atoms with Crippen LogP contribution in [0, 0.1) is 0 Å². The fourth-order valence-corrected chi connectivity index (χ4v) is 2.94. The predicted octanol–water partition coefficient (Wildman–Crippen LogP) is 5.61. The third kappa shape index (κ3) is 4.21. The van der Waals surface area contributed by atoms with Crippen molar-refractivity contribution in [3.8, 4) is 0 Å². The van der Waals surface area contributed by atoms with E-state index >= 15 is 0 Å². The Morgan fingerprint density at radius 2 is 1.17 bits per heavy atom. The van der Waals surface area contributed by atoms with Crippen LogP contribution in [0.3, 0.4) is 0 Å². The van der Waals surface area contributed by atoms with Crippen LogP contribution in [0.4, 0.5) is 0 Å². The Hall–Kier alpha value is -2.64. The molecule has 1 N–H and O–H groups in total. The van der Waals surface area contributed by atoms with Gasteiger partial charge >= 0.3 is 0 Å². The smallest absolute Gasteiger partial charge is 0.0861 e. The summed E-state index contributed by atoms with van der Waals surface area (Å²) in [6.07, 6.45) is 4.54. The highest BCUT2D eigenvalue weighted by molar-refractivity contribution is 5.49. The second kappa shape index (κ2) is 8.28. The lowest BCUT2D eigenvalue weighted by Gasteiger charge is -2.22. The van der Waals surface area contributed by atoms with Gasteiger partial charge in [0.2, 0.25) is 0 Å². The van der Waals surface area contributed by atoms with Crippen LogP contribution < -0.4 is 0 Å². The molecule has 0 aromatic heterocycles. The first kappa shape index (κ1) is 16.2. The van der Waals surface area contributed by atoms with Crippen molar-refractivity contribution in [1.29, 1.82) is 0 Å². The van der Waals surface area contributed by atoms with Crippen molar-refractivity contribution < 1.29 is 5.11 Å². The zero-order valence-corrected chi connectivity index (χ0v) is 13.6. The zero-order valence-electron chi connectivity index (χ0n) is 13.6. The Morgan fingerprint density at radius 1 is 0.667 bits per heavy atom. The maximum absolute atomic E-state index is 10.9. The van der Waals surface area contributed by atoms with Gasteiger partial charge in [-0.25, -0.2) is 0 Å². The molecule has 1 heteroatoms. The van der Waals surface area contributed by atoms with Crippen LogP contribution in [0.2, 0.25) is 0 Å². The van der Waals surface area contributed by atoms with Crippen molar-refractivity contribution in [3.63, 3.8) is 0 Å². The molecule has 0 fully saturated rings. The third-order valence-corrected chi connectivity index (χ3v) is 4.25. The number of rotatable bonds is 6. The van der Waals surface area contributed by atoms with Gasteiger partial charge in [-0.1, -0.05) is 103 Å². The van der Waals surface area contributed by atoms with Crippen LogP contribution >= 0.6 is 0 Å². The van der Waals surface area contributed by atoms with E-state index in [1.54, 1.807) is 0 Å². The van der Waals surface area contributed by atoms with Crippen LogP contribution in [0.15, 0.2) is 97.1 Å². The van der Waals surface area contributed by atoms with Gasteiger partial charge in [0, 0.05) is 5.92 Å². The second-order valence-electron chi connectivity index (χ2n) is 5.92.